The summed E-state index contributed by atoms with van der Waals surface area (Å²) in [6, 6.07) is 11.8. The molecule has 1 atom stereocenters. The second-order valence-corrected chi connectivity index (χ2v) is 5.74. The number of amides is 1. The van der Waals surface area contributed by atoms with E-state index in [0.717, 1.165) is 11.3 Å². The van der Waals surface area contributed by atoms with Crippen LogP contribution in [0.2, 0.25) is 0 Å². The van der Waals surface area contributed by atoms with Crippen molar-refractivity contribution in [3.63, 3.8) is 0 Å². The number of nitrogens with one attached hydrogen (secondary N) is 1. The summed E-state index contributed by atoms with van der Waals surface area (Å²) in [5.74, 6) is 0.610. The maximum Gasteiger partial charge on any atom is 0.338 e. The second-order valence-electron chi connectivity index (χ2n) is 5.74. The van der Waals surface area contributed by atoms with Crippen LogP contribution in [0.25, 0.3) is 0 Å². The van der Waals surface area contributed by atoms with Gasteiger partial charge in [-0.15, -0.1) is 0 Å². The van der Waals surface area contributed by atoms with Crippen LogP contribution >= 0.6 is 0 Å². The Morgan fingerprint density at radius 3 is 1.96 bits per heavy atom. The van der Waals surface area contributed by atoms with E-state index in [2.05, 4.69) is 5.32 Å². The van der Waals surface area contributed by atoms with Crippen molar-refractivity contribution in [3.05, 3.63) is 53.6 Å². The van der Waals surface area contributed by atoms with Crippen molar-refractivity contribution in [1.29, 1.82) is 0 Å². The molecule has 144 valence electrons. The summed E-state index contributed by atoms with van der Waals surface area (Å²) in [6.07, 6.45) is 0. The van der Waals surface area contributed by atoms with E-state index in [1.54, 1.807) is 13.2 Å². The van der Waals surface area contributed by atoms with Crippen molar-refractivity contribution < 1.29 is 28.5 Å². The number of hydrogen-bond donors (Lipinski definition) is 1. The maximum absolute atomic E-state index is 12.2. The van der Waals surface area contributed by atoms with Gasteiger partial charge in [-0.2, -0.15) is 0 Å². The largest absolute Gasteiger partial charge is 0.497 e. The smallest absolute Gasteiger partial charge is 0.338 e. The molecule has 0 aliphatic heterocycles. The van der Waals surface area contributed by atoms with Gasteiger partial charge in [-0.1, -0.05) is 12.1 Å². The lowest BCUT2D eigenvalue weighted by atomic mass is 10.1. The van der Waals surface area contributed by atoms with E-state index < -0.39 is 18.5 Å². The first-order valence-corrected chi connectivity index (χ1v) is 8.30. The molecule has 2 rings (SSSR count). The fourth-order valence-corrected chi connectivity index (χ4v) is 2.40. The topological polar surface area (TPSA) is 83.1 Å². The molecule has 0 aliphatic rings. The van der Waals surface area contributed by atoms with E-state index in [9.17, 15) is 9.59 Å². The van der Waals surface area contributed by atoms with Crippen LogP contribution in [-0.2, 0) is 9.53 Å². The van der Waals surface area contributed by atoms with E-state index in [0.29, 0.717) is 11.5 Å². The summed E-state index contributed by atoms with van der Waals surface area (Å²) in [4.78, 5) is 24.3. The van der Waals surface area contributed by atoms with Gasteiger partial charge in [0.15, 0.2) is 6.61 Å². The monoisotopic (exact) mass is 373 g/mol. The summed E-state index contributed by atoms with van der Waals surface area (Å²) in [5, 5.41) is 2.78. The highest BCUT2D eigenvalue weighted by Gasteiger charge is 2.15. The zero-order valence-electron chi connectivity index (χ0n) is 15.8. The van der Waals surface area contributed by atoms with E-state index in [1.807, 2.05) is 31.2 Å². The molecule has 0 saturated carbocycles. The zero-order valence-corrected chi connectivity index (χ0v) is 15.8. The van der Waals surface area contributed by atoms with Crippen molar-refractivity contribution in [3.8, 4) is 17.2 Å². The highest BCUT2D eigenvalue weighted by Crippen LogP contribution is 2.23. The number of carbonyl (C=O) groups excluding carboxylic acids is 2. The number of methoxy groups -OCH3 is 3. The summed E-state index contributed by atoms with van der Waals surface area (Å²) >= 11 is 0. The maximum atomic E-state index is 12.2. The van der Waals surface area contributed by atoms with Crippen LogP contribution in [0.3, 0.4) is 0 Å². The normalized spacial score (nSPS) is 11.3. The number of esters is 1. The van der Waals surface area contributed by atoms with Gasteiger partial charge >= 0.3 is 5.97 Å². The van der Waals surface area contributed by atoms with Gasteiger partial charge < -0.3 is 24.3 Å². The van der Waals surface area contributed by atoms with Crippen molar-refractivity contribution in [2.45, 2.75) is 13.0 Å². The quantitative estimate of drug-likeness (QED) is 0.717. The van der Waals surface area contributed by atoms with Crippen LogP contribution in [0.5, 0.6) is 17.2 Å². The molecule has 0 aromatic heterocycles. The molecular weight excluding hydrogens is 350 g/mol. The van der Waals surface area contributed by atoms with Crippen LogP contribution in [0.15, 0.2) is 42.5 Å². The van der Waals surface area contributed by atoms with Crippen molar-refractivity contribution in [2.24, 2.45) is 0 Å². The van der Waals surface area contributed by atoms with Crippen LogP contribution in [0, 0.1) is 0 Å². The van der Waals surface area contributed by atoms with Crippen LogP contribution in [0.1, 0.15) is 28.9 Å². The molecule has 0 aliphatic carbocycles. The summed E-state index contributed by atoms with van der Waals surface area (Å²) < 4.78 is 20.4. The first kappa shape index (κ1) is 20.1. The standard InChI is InChI=1S/C20H23NO6/c1-13(14-5-7-16(24-2)8-6-14)21-19(22)12-27-20(23)15-9-17(25-3)11-18(10-15)26-4/h5-11,13H,12H2,1-4H3,(H,21,22)/t13-/m0/s1. The van der Waals surface area contributed by atoms with Crippen molar-refractivity contribution in [1.82, 2.24) is 5.32 Å². The molecule has 2 aromatic rings. The Morgan fingerprint density at radius 1 is 0.889 bits per heavy atom. The van der Waals surface area contributed by atoms with E-state index in [-0.39, 0.29) is 11.6 Å². The number of rotatable bonds is 8. The Bertz CT molecular complexity index is 765. The first-order chi connectivity index (χ1) is 13.0. The Morgan fingerprint density at radius 2 is 1.44 bits per heavy atom. The molecule has 0 unspecified atom stereocenters. The minimum atomic E-state index is -0.639. The summed E-state index contributed by atoms with van der Waals surface area (Å²) in [6.45, 7) is 1.45. The molecular formula is C20H23NO6. The molecule has 7 heteroatoms. The first-order valence-electron chi connectivity index (χ1n) is 8.30. The number of carbonyl (C=O) groups is 2. The lowest BCUT2D eigenvalue weighted by Gasteiger charge is -2.15. The molecule has 1 amide bonds. The van der Waals surface area contributed by atoms with Gasteiger partial charge in [-0.3, -0.25) is 4.79 Å². The molecule has 2 aromatic carbocycles. The molecule has 0 heterocycles. The van der Waals surface area contributed by atoms with Gasteiger partial charge in [0, 0.05) is 6.07 Å². The third-order valence-corrected chi connectivity index (χ3v) is 3.91. The minimum absolute atomic E-state index is 0.237. The van der Waals surface area contributed by atoms with Crippen LogP contribution < -0.4 is 19.5 Å². The molecule has 1 N–H and O–H groups in total. The van der Waals surface area contributed by atoms with Gasteiger partial charge in [0.1, 0.15) is 17.2 Å². The Balaban J connectivity index is 1.91. The zero-order chi connectivity index (χ0) is 19.8. The van der Waals surface area contributed by atoms with Crippen LogP contribution in [0.4, 0.5) is 0 Å². The fraction of sp³-hybridized carbons (Fsp3) is 0.300. The Labute approximate surface area is 158 Å². The van der Waals surface area contributed by atoms with Gasteiger partial charge in [0.25, 0.3) is 5.91 Å². The molecule has 27 heavy (non-hydrogen) atoms. The SMILES string of the molecule is COc1ccc([C@H](C)NC(=O)COC(=O)c2cc(OC)cc(OC)c2)cc1. The van der Waals surface area contributed by atoms with Crippen molar-refractivity contribution in [2.75, 3.05) is 27.9 Å². The van der Waals surface area contributed by atoms with Gasteiger partial charge in [-0.25, -0.2) is 4.79 Å². The molecule has 0 fully saturated rings. The highest BCUT2D eigenvalue weighted by atomic mass is 16.5. The van der Waals surface area contributed by atoms with Gasteiger partial charge in [0.05, 0.1) is 32.9 Å². The van der Waals surface area contributed by atoms with E-state index >= 15 is 0 Å². The second kappa shape index (κ2) is 9.47. The van der Waals surface area contributed by atoms with Gasteiger partial charge in [0.2, 0.25) is 0 Å². The summed E-state index contributed by atoms with van der Waals surface area (Å²) in [5.41, 5.74) is 1.15. The van der Waals surface area contributed by atoms with E-state index in [4.69, 9.17) is 18.9 Å². The molecule has 0 saturated heterocycles. The number of hydrogen-bond acceptors (Lipinski definition) is 6. The Hall–Kier alpha value is -3.22. The lowest BCUT2D eigenvalue weighted by molar-refractivity contribution is -0.124. The third kappa shape index (κ3) is 5.64. The average Bonchev–Trinajstić information content (AvgIpc) is 2.71. The van der Waals surface area contributed by atoms with Crippen molar-refractivity contribution >= 4 is 11.9 Å². The molecule has 0 spiro atoms. The predicted octanol–water partition coefficient (Wildman–Crippen LogP) is 2.75. The Kier molecular flexibility index (Phi) is 7.05. The van der Waals surface area contributed by atoms with Gasteiger partial charge in [-0.05, 0) is 36.8 Å². The average molecular weight is 373 g/mol. The highest BCUT2D eigenvalue weighted by molar-refractivity contribution is 5.92. The molecule has 7 nitrogen and oxygen atoms in total. The number of benzene rings is 2. The van der Waals surface area contributed by atoms with E-state index in [1.165, 1.54) is 26.4 Å². The summed E-state index contributed by atoms with van der Waals surface area (Å²) in [7, 11) is 4.56. The minimum Gasteiger partial charge on any atom is -0.497 e. The number of ether oxygens (including phenoxy) is 4. The molecule has 0 bridgehead atoms. The predicted molar refractivity (Wildman–Crippen MR) is 99.4 cm³/mol. The molecule has 0 radical (unpaired) electrons. The van der Waals surface area contributed by atoms with Crippen LogP contribution in [-0.4, -0.2) is 39.8 Å². The third-order valence-electron chi connectivity index (χ3n) is 3.91. The lowest BCUT2D eigenvalue weighted by Crippen LogP contribution is -2.31. The fourth-order valence-electron chi connectivity index (χ4n) is 2.40.